The molecule has 0 aromatic carbocycles. The van der Waals surface area contributed by atoms with Gasteiger partial charge in [-0.3, -0.25) is 4.79 Å². The van der Waals surface area contributed by atoms with Gasteiger partial charge in [-0.05, 0) is 12.2 Å². The Kier molecular flexibility index (Phi) is 4.74. The maximum absolute atomic E-state index is 11.0. The van der Waals surface area contributed by atoms with Crippen LogP contribution in [0.2, 0.25) is 0 Å². The quantitative estimate of drug-likeness (QED) is 0.653. The first-order valence-corrected chi connectivity index (χ1v) is 4.83. The maximum atomic E-state index is 11.0. The van der Waals surface area contributed by atoms with Gasteiger partial charge in [-0.2, -0.15) is 0 Å². The van der Waals surface area contributed by atoms with E-state index in [0.29, 0.717) is 6.42 Å². The van der Waals surface area contributed by atoms with E-state index in [1.165, 1.54) is 0 Å². The van der Waals surface area contributed by atoms with Crippen LogP contribution in [0.25, 0.3) is 0 Å². The summed E-state index contributed by atoms with van der Waals surface area (Å²) in [4.78, 5) is 11.0. The number of carbonyl (C=O) groups excluding carboxylic acids is 1. The first-order valence-electron chi connectivity index (χ1n) is 3.09. The van der Waals surface area contributed by atoms with Gasteiger partial charge in [0.15, 0.2) is 4.33 Å². The fraction of sp³-hybridized carbons (Fsp3) is 0.833. The number of carbonyl (C=O) groups is 1. The van der Waals surface area contributed by atoms with Crippen molar-refractivity contribution in [1.29, 1.82) is 0 Å². The number of rotatable bonds is 3. The molecular weight excluding hydrogens is 191 g/mol. The van der Waals surface area contributed by atoms with Gasteiger partial charge in [-0.15, -0.1) is 0 Å². The summed E-state index contributed by atoms with van der Waals surface area (Å²) in [6.45, 7) is 3.68. The molecule has 0 saturated carbocycles. The third kappa shape index (κ3) is 3.13. The van der Waals surface area contributed by atoms with Crippen LogP contribution >= 0.6 is 35.0 Å². The normalized spacial score (nSPS) is 11.6. The minimum atomic E-state index is -1.18. The van der Waals surface area contributed by atoms with E-state index in [1.54, 1.807) is 6.92 Å². The molecule has 0 fully saturated rings. The molecule has 4 heteroatoms. The molecule has 0 unspecified atom stereocenters. The SMILES string of the molecule is CCSC(=O)C(Cl)(Cl)CC. The highest BCUT2D eigenvalue weighted by molar-refractivity contribution is 8.14. The van der Waals surface area contributed by atoms with E-state index in [0.717, 1.165) is 17.5 Å². The second-order valence-corrected chi connectivity index (χ2v) is 4.50. The third-order valence-corrected chi connectivity index (χ3v) is 3.02. The van der Waals surface area contributed by atoms with E-state index in [1.807, 2.05) is 6.92 Å². The molecule has 0 spiro atoms. The summed E-state index contributed by atoms with van der Waals surface area (Å²) in [5, 5.41) is -0.152. The van der Waals surface area contributed by atoms with Gasteiger partial charge >= 0.3 is 0 Å². The molecule has 0 heterocycles. The molecule has 1 nitrogen and oxygen atoms in total. The second-order valence-electron chi connectivity index (χ2n) is 1.78. The minimum absolute atomic E-state index is 0.152. The Bertz CT molecular complexity index is 125. The molecule has 0 amide bonds. The molecule has 0 aliphatic carbocycles. The lowest BCUT2D eigenvalue weighted by Gasteiger charge is -2.13. The predicted molar refractivity (Wildman–Crippen MR) is 47.9 cm³/mol. The van der Waals surface area contributed by atoms with Crippen molar-refractivity contribution in [2.45, 2.75) is 24.6 Å². The molecule has 0 rings (SSSR count). The predicted octanol–water partition coefficient (Wildman–Crippen LogP) is 2.85. The molecule has 60 valence electrons. The van der Waals surface area contributed by atoms with Crippen molar-refractivity contribution < 1.29 is 4.79 Å². The van der Waals surface area contributed by atoms with Crippen LogP contribution in [0.4, 0.5) is 0 Å². The van der Waals surface area contributed by atoms with Crippen LogP contribution in [-0.2, 0) is 4.79 Å². The van der Waals surface area contributed by atoms with Crippen molar-refractivity contribution in [3.8, 4) is 0 Å². The Hall–Kier alpha value is 0.600. The van der Waals surface area contributed by atoms with E-state index in [9.17, 15) is 4.79 Å². The van der Waals surface area contributed by atoms with Gasteiger partial charge in [0.25, 0.3) is 0 Å². The number of halogens is 2. The van der Waals surface area contributed by atoms with Crippen molar-refractivity contribution in [3.63, 3.8) is 0 Å². The fourth-order valence-corrected chi connectivity index (χ4v) is 1.33. The lowest BCUT2D eigenvalue weighted by Crippen LogP contribution is -2.21. The van der Waals surface area contributed by atoms with E-state index in [4.69, 9.17) is 23.2 Å². The molecule has 0 saturated heterocycles. The standard InChI is InChI=1S/C6H10Cl2OS/c1-3-6(7,8)5(9)10-4-2/h3-4H2,1-2H3. The van der Waals surface area contributed by atoms with Crippen LogP contribution in [0.1, 0.15) is 20.3 Å². The van der Waals surface area contributed by atoms with Crippen molar-refractivity contribution in [1.82, 2.24) is 0 Å². The van der Waals surface area contributed by atoms with Crippen LogP contribution < -0.4 is 0 Å². The summed E-state index contributed by atoms with van der Waals surface area (Å²) in [6.07, 6.45) is 0.460. The molecule has 0 radical (unpaired) electrons. The van der Waals surface area contributed by atoms with E-state index in [2.05, 4.69) is 0 Å². The van der Waals surface area contributed by atoms with E-state index in [-0.39, 0.29) is 5.12 Å². The third-order valence-electron chi connectivity index (χ3n) is 1.02. The Morgan fingerprint density at radius 2 is 2.00 bits per heavy atom. The number of hydrogen-bond donors (Lipinski definition) is 0. The summed E-state index contributed by atoms with van der Waals surface area (Å²) in [5.74, 6) is 0.722. The lowest BCUT2D eigenvalue weighted by atomic mass is 10.3. The molecule has 10 heavy (non-hydrogen) atoms. The van der Waals surface area contributed by atoms with Crippen LogP contribution in [-0.4, -0.2) is 15.2 Å². The maximum Gasteiger partial charge on any atom is 0.224 e. The number of hydrogen-bond acceptors (Lipinski definition) is 2. The van der Waals surface area contributed by atoms with Crippen molar-refractivity contribution >= 4 is 40.1 Å². The highest BCUT2D eigenvalue weighted by atomic mass is 35.5. The zero-order chi connectivity index (χ0) is 8.20. The lowest BCUT2D eigenvalue weighted by molar-refractivity contribution is -0.111. The largest absolute Gasteiger partial charge is 0.284 e. The second kappa shape index (κ2) is 4.47. The average Bonchev–Trinajstić information content (AvgIpc) is 1.89. The van der Waals surface area contributed by atoms with Gasteiger partial charge in [-0.1, -0.05) is 48.8 Å². The highest BCUT2D eigenvalue weighted by Crippen LogP contribution is 2.30. The molecule has 0 aromatic heterocycles. The molecule has 0 aliphatic rings. The molecule has 0 aromatic rings. The van der Waals surface area contributed by atoms with Gasteiger partial charge in [0.1, 0.15) is 0 Å². The van der Waals surface area contributed by atoms with Gasteiger partial charge in [-0.25, -0.2) is 0 Å². The Morgan fingerprint density at radius 3 is 2.30 bits per heavy atom. The highest BCUT2D eigenvalue weighted by Gasteiger charge is 2.30. The summed E-state index contributed by atoms with van der Waals surface area (Å²) in [6, 6.07) is 0. The van der Waals surface area contributed by atoms with Crippen LogP contribution in [0.5, 0.6) is 0 Å². The smallest absolute Gasteiger partial charge is 0.224 e. The molecule has 0 atom stereocenters. The van der Waals surface area contributed by atoms with E-state index >= 15 is 0 Å². The van der Waals surface area contributed by atoms with Crippen LogP contribution in [0.3, 0.4) is 0 Å². The average molecular weight is 201 g/mol. The molecule has 0 N–H and O–H groups in total. The van der Waals surface area contributed by atoms with Gasteiger partial charge in [0, 0.05) is 0 Å². The zero-order valence-corrected chi connectivity index (χ0v) is 8.31. The Balaban J connectivity index is 3.91. The summed E-state index contributed by atoms with van der Waals surface area (Å²) in [5.41, 5.74) is 0. The Labute approximate surface area is 75.5 Å². The van der Waals surface area contributed by atoms with Gasteiger partial charge in [0.2, 0.25) is 5.12 Å². The first-order chi connectivity index (χ1) is 4.54. The van der Waals surface area contributed by atoms with Crippen molar-refractivity contribution in [3.05, 3.63) is 0 Å². The fourth-order valence-electron chi connectivity index (χ4n) is 0.381. The summed E-state index contributed by atoms with van der Waals surface area (Å²) in [7, 11) is 0. The Morgan fingerprint density at radius 1 is 1.50 bits per heavy atom. The topological polar surface area (TPSA) is 17.1 Å². The van der Waals surface area contributed by atoms with Crippen molar-refractivity contribution in [2.24, 2.45) is 0 Å². The van der Waals surface area contributed by atoms with Crippen molar-refractivity contribution in [2.75, 3.05) is 5.75 Å². The number of alkyl halides is 2. The zero-order valence-electron chi connectivity index (χ0n) is 5.99. The molecular formula is C6H10Cl2OS. The monoisotopic (exact) mass is 200 g/mol. The van der Waals surface area contributed by atoms with Crippen LogP contribution in [0.15, 0.2) is 0 Å². The summed E-state index contributed by atoms with van der Waals surface area (Å²) < 4.78 is -1.18. The molecule has 0 aliphatic heterocycles. The van der Waals surface area contributed by atoms with Crippen LogP contribution in [0, 0.1) is 0 Å². The summed E-state index contributed by atoms with van der Waals surface area (Å²) >= 11 is 12.4. The first kappa shape index (κ1) is 10.6. The minimum Gasteiger partial charge on any atom is -0.284 e. The number of thioether (sulfide) groups is 1. The van der Waals surface area contributed by atoms with Gasteiger partial charge < -0.3 is 0 Å². The van der Waals surface area contributed by atoms with E-state index < -0.39 is 4.33 Å². The molecule has 0 bridgehead atoms. The van der Waals surface area contributed by atoms with Gasteiger partial charge in [0.05, 0.1) is 0 Å².